The van der Waals surface area contributed by atoms with Crippen molar-refractivity contribution < 1.29 is 14.3 Å². The Hall–Kier alpha value is -0.650. The summed E-state index contributed by atoms with van der Waals surface area (Å²) in [4.78, 5) is 16.5. The van der Waals surface area contributed by atoms with E-state index in [-0.39, 0.29) is 18.1 Å². The van der Waals surface area contributed by atoms with E-state index in [1.807, 2.05) is 4.90 Å². The van der Waals surface area contributed by atoms with Crippen LogP contribution in [0, 0.1) is 5.92 Å². The molecule has 5 nitrogen and oxygen atoms in total. The van der Waals surface area contributed by atoms with Crippen LogP contribution >= 0.6 is 0 Å². The van der Waals surface area contributed by atoms with Crippen LogP contribution < -0.4 is 0 Å². The van der Waals surface area contributed by atoms with Crippen LogP contribution in [0.25, 0.3) is 0 Å². The van der Waals surface area contributed by atoms with Crippen LogP contribution in [0.1, 0.15) is 32.1 Å². The van der Waals surface area contributed by atoms with Crippen LogP contribution in [-0.4, -0.2) is 74.4 Å². The molecule has 3 fully saturated rings. The van der Waals surface area contributed by atoms with Crippen molar-refractivity contribution in [3.05, 3.63) is 0 Å². The summed E-state index contributed by atoms with van der Waals surface area (Å²) in [5, 5.41) is 0. The van der Waals surface area contributed by atoms with Gasteiger partial charge in [0.2, 0.25) is 5.91 Å². The first-order chi connectivity index (χ1) is 10.1. The Morgan fingerprint density at radius 2 is 2.29 bits per heavy atom. The van der Waals surface area contributed by atoms with Gasteiger partial charge in [0, 0.05) is 32.8 Å². The fraction of sp³-hybridized carbons (Fsp3) is 0.938. The molecule has 0 unspecified atom stereocenters. The normalized spacial score (nSPS) is 33.1. The number of likely N-dealkylation sites (tertiary alicyclic amines) is 1. The fourth-order valence-electron chi connectivity index (χ4n) is 3.94. The lowest BCUT2D eigenvalue weighted by Crippen LogP contribution is -2.51. The van der Waals surface area contributed by atoms with E-state index >= 15 is 0 Å². The molecule has 1 amide bonds. The number of rotatable bonds is 5. The second-order valence-corrected chi connectivity index (χ2v) is 7.09. The largest absolute Gasteiger partial charge is 0.375 e. The predicted molar refractivity (Wildman–Crippen MR) is 80.1 cm³/mol. The predicted octanol–water partition coefficient (Wildman–Crippen LogP) is 1.12. The number of piperidine rings is 1. The molecule has 0 N–H and O–H groups in total. The average molecular weight is 296 g/mol. The molecule has 0 aromatic carbocycles. The minimum absolute atomic E-state index is 0.0866. The van der Waals surface area contributed by atoms with Gasteiger partial charge in [-0.2, -0.15) is 0 Å². The first-order valence-electron chi connectivity index (χ1n) is 8.23. The first-order valence-corrected chi connectivity index (χ1v) is 8.23. The summed E-state index contributed by atoms with van der Waals surface area (Å²) in [6.07, 6.45) is 5.94. The van der Waals surface area contributed by atoms with Crippen molar-refractivity contribution in [3.8, 4) is 0 Å². The summed E-state index contributed by atoms with van der Waals surface area (Å²) in [6.45, 7) is 3.77. The molecule has 2 saturated heterocycles. The molecule has 21 heavy (non-hydrogen) atoms. The van der Waals surface area contributed by atoms with Gasteiger partial charge in [-0.15, -0.1) is 0 Å². The standard InChI is InChI=1S/C16H28N2O3/c1-17(14-4-5-14)9-13-8-16(21-10-13)6-3-7-18(12-16)15(19)11-20-2/h13-14H,3-12H2,1-2H3/t13-,16+/m0/s1. The van der Waals surface area contributed by atoms with E-state index in [2.05, 4.69) is 11.9 Å². The van der Waals surface area contributed by atoms with Crippen LogP contribution in [0.2, 0.25) is 0 Å². The second kappa shape index (κ2) is 6.23. The van der Waals surface area contributed by atoms with Crippen LogP contribution in [0.5, 0.6) is 0 Å². The van der Waals surface area contributed by atoms with Gasteiger partial charge in [0.1, 0.15) is 6.61 Å². The molecule has 5 heteroatoms. The first kappa shape index (κ1) is 15.3. The van der Waals surface area contributed by atoms with Crippen molar-refractivity contribution >= 4 is 5.91 Å². The number of nitrogens with zero attached hydrogens (tertiary/aromatic N) is 2. The molecule has 0 bridgehead atoms. The van der Waals surface area contributed by atoms with Gasteiger partial charge in [-0.25, -0.2) is 0 Å². The Labute approximate surface area is 127 Å². The Kier molecular flexibility index (Phi) is 4.52. The van der Waals surface area contributed by atoms with Gasteiger partial charge >= 0.3 is 0 Å². The third-order valence-corrected chi connectivity index (χ3v) is 5.16. The average Bonchev–Trinajstić information content (AvgIpc) is 3.25. The Balaban J connectivity index is 1.53. The summed E-state index contributed by atoms with van der Waals surface area (Å²) in [5.41, 5.74) is -0.0866. The summed E-state index contributed by atoms with van der Waals surface area (Å²) >= 11 is 0. The SMILES string of the molecule is COCC(=O)N1CCC[C@@]2(C[C@@H](CN(C)C3CC3)CO2)C1. The molecule has 1 spiro atoms. The molecular formula is C16H28N2O3. The van der Waals surface area contributed by atoms with Crippen molar-refractivity contribution in [1.82, 2.24) is 9.80 Å². The number of hydrogen-bond donors (Lipinski definition) is 0. The smallest absolute Gasteiger partial charge is 0.248 e. The Bertz CT molecular complexity index is 386. The molecular weight excluding hydrogens is 268 g/mol. The third kappa shape index (κ3) is 3.58. The summed E-state index contributed by atoms with van der Waals surface area (Å²) in [7, 11) is 3.81. The summed E-state index contributed by atoms with van der Waals surface area (Å²) < 4.78 is 11.2. The van der Waals surface area contributed by atoms with Gasteiger partial charge in [-0.05, 0) is 45.1 Å². The third-order valence-electron chi connectivity index (χ3n) is 5.16. The van der Waals surface area contributed by atoms with E-state index in [9.17, 15) is 4.79 Å². The van der Waals surface area contributed by atoms with E-state index in [1.165, 1.54) is 12.8 Å². The van der Waals surface area contributed by atoms with Crippen molar-refractivity contribution in [2.45, 2.75) is 43.7 Å². The molecule has 0 aromatic rings. The zero-order valence-corrected chi connectivity index (χ0v) is 13.3. The van der Waals surface area contributed by atoms with E-state index < -0.39 is 0 Å². The Morgan fingerprint density at radius 1 is 1.48 bits per heavy atom. The number of ether oxygens (including phenoxy) is 2. The minimum atomic E-state index is -0.0866. The number of hydrogen-bond acceptors (Lipinski definition) is 4. The maximum Gasteiger partial charge on any atom is 0.248 e. The van der Waals surface area contributed by atoms with Crippen LogP contribution in [-0.2, 0) is 14.3 Å². The van der Waals surface area contributed by atoms with Crippen LogP contribution in [0.4, 0.5) is 0 Å². The van der Waals surface area contributed by atoms with E-state index in [4.69, 9.17) is 9.47 Å². The number of carbonyl (C=O) groups is 1. The molecule has 120 valence electrons. The van der Waals surface area contributed by atoms with E-state index in [1.54, 1.807) is 7.11 Å². The van der Waals surface area contributed by atoms with Gasteiger partial charge in [-0.3, -0.25) is 4.79 Å². The van der Waals surface area contributed by atoms with Gasteiger partial charge in [0.25, 0.3) is 0 Å². The highest BCUT2D eigenvalue weighted by atomic mass is 16.5. The monoisotopic (exact) mass is 296 g/mol. The number of amides is 1. The zero-order chi connectivity index (χ0) is 14.9. The second-order valence-electron chi connectivity index (χ2n) is 7.09. The molecule has 2 heterocycles. The van der Waals surface area contributed by atoms with Gasteiger partial charge in [0.15, 0.2) is 0 Å². The topological polar surface area (TPSA) is 42.0 Å². The summed E-state index contributed by atoms with van der Waals surface area (Å²) in [6, 6.07) is 0.813. The quantitative estimate of drug-likeness (QED) is 0.762. The van der Waals surface area contributed by atoms with Gasteiger partial charge < -0.3 is 19.3 Å². The molecule has 2 aliphatic heterocycles. The van der Waals surface area contributed by atoms with Crippen LogP contribution in [0.3, 0.4) is 0 Å². The highest BCUT2D eigenvalue weighted by molar-refractivity contribution is 5.77. The molecule has 2 atom stereocenters. The van der Waals surface area contributed by atoms with Crippen molar-refractivity contribution in [3.63, 3.8) is 0 Å². The van der Waals surface area contributed by atoms with Crippen molar-refractivity contribution in [1.29, 1.82) is 0 Å². The maximum atomic E-state index is 12.0. The van der Waals surface area contributed by atoms with Gasteiger partial charge in [0.05, 0.1) is 12.2 Å². The summed E-state index contributed by atoms with van der Waals surface area (Å²) in [5.74, 6) is 0.715. The number of methoxy groups -OCH3 is 1. The molecule has 3 rings (SSSR count). The molecule has 3 aliphatic rings. The lowest BCUT2D eigenvalue weighted by Gasteiger charge is -2.39. The lowest BCUT2D eigenvalue weighted by atomic mass is 9.86. The van der Waals surface area contributed by atoms with E-state index in [0.717, 1.165) is 51.5 Å². The van der Waals surface area contributed by atoms with E-state index in [0.29, 0.717) is 5.92 Å². The number of carbonyl (C=O) groups excluding carboxylic acids is 1. The Morgan fingerprint density at radius 3 is 3.00 bits per heavy atom. The van der Waals surface area contributed by atoms with Crippen molar-refractivity contribution in [2.24, 2.45) is 5.92 Å². The lowest BCUT2D eigenvalue weighted by molar-refractivity contribution is -0.143. The fourth-order valence-corrected chi connectivity index (χ4v) is 3.94. The maximum absolute atomic E-state index is 12.0. The highest BCUT2D eigenvalue weighted by Gasteiger charge is 2.45. The molecule has 1 aliphatic carbocycles. The minimum Gasteiger partial charge on any atom is -0.375 e. The van der Waals surface area contributed by atoms with Crippen molar-refractivity contribution in [2.75, 3.05) is 47.0 Å². The highest BCUT2D eigenvalue weighted by Crippen LogP contribution is 2.38. The van der Waals surface area contributed by atoms with Crippen LogP contribution in [0.15, 0.2) is 0 Å². The molecule has 1 saturated carbocycles. The molecule has 0 radical (unpaired) electrons. The molecule has 0 aromatic heterocycles. The van der Waals surface area contributed by atoms with Gasteiger partial charge in [-0.1, -0.05) is 0 Å². The zero-order valence-electron chi connectivity index (χ0n) is 13.3.